The Morgan fingerprint density at radius 2 is 0.918 bits per heavy atom. The molecule has 534 valence electrons. The Morgan fingerprint density at radius 1 is 0.505 bits per heavy atom. The highest BCUT2D eigenvalue weighted by Gasteiger charge is 2.34. The second-order valence-electron chi connectivity index (χ2n) is 25.0. The van der Waals surface area contributed by atoms with Crippen molar-refractivity contribution in [3.63, 3.8) is 0 Å². The Balaban J connectivity index is 0.000000678. The van der Waals surface area contributed by atoms with Crippen LogP contribution in [0.4, 0.5) is 0 Å². The highest BCUT2D eigenvalue weighted by molar-refractivity contribution is 5.97. The second-order valence-corrected chi connectivity index (χ2v) is 25.0. The van der Waals surface area contributed by atoms with E-state index in [0.717, 1.165) is 11.1 Å². The number of aliphatic carboxylic acids is 1. The summed E-state index contributed by atoms with van der Waals surface area (Å²) in [5.74, 6) is -6.33. The van der Waals surface area contributed by atoms with E-state index in [1.807, 2.05) is 82.3 Å². The van der Waals surface area contributed by atoms with E-state index >= 15 is 0 Å². The van der Waals surface area contributed by atoms with E-state index in [1.54, 1.807) is 32.9 Å². The summed E-state index contributed by atoms with van der Waals surface area (Å²) in [6.45, 7) is 18.3. The van der Waals surface area contributed by atoms with Gasteiger partial charge in [-0.15, -0.1) is 0 Å². The molecule has 6 atom stereocenters. The van der Waals surface area contributed by atoms with Crippen LogP contribution >= 0.6 is 0 Å². The van der Waals surface area contributed by atoms with Crippen LogP contribution in [0.5, 0.6) is 11.5 Å². The molecule has 3 aromatic rings. The van der Waals surface area contributed by atoms with Gasteiger partial charge in [-0.2, -0.15) is 0 Å². The molecule has 0 radical (unpaired) electrons. The molecule has 0 heterocycles. The Hall–Kier alpha value is -8.78. The number of carboxylic acids is 1. The first kappa shape index (κ1) is 84.3. The van der Waals surface area contributed by atoms with Gasteiger partial charge in [0.05, 0.1) is 76.7 Å². The monoisotopic (exact) mass is 1360 g/mol. The maximum Gasteiger partial charge on any atom is 0.308 e. The van der Waals surface area contributed by atoms with Crippen molar-refractivity contribution < 1.29 is 86.6 Å². The number of esters is 1. The van der Waals surface area contributed by atoms with E-state index in [2.05, 4.69) is 41.3 Å². The summed E-state index contributed by atoms with van der Waals surface area (Å²) < 4.78 is 32.7. The predicted octanol–water partition coefficient (Wildman–Crippen LogP) is 8.56. The lowest BCUT2D eigenvalue weighted by molar-refractivity contribution is -0.156. The number of carboxylic acid groups (broad SMARTS) is 1. The van der Waals surface area contributed by atoms with Crippen LogP contribution < -0.4 is 26.0 Å². The Kier molecular flexibility index (Phi) is 41.7. The fourth-order valence-corrected chi connectivity index (χ4v) is 9.81. The third-order valence-electron chi connectivity index (χ3n) is 14.2. The zero-order chi connectivity index (χ0) is 72.1. The van der Waals surface area contributed by atoms with E-state index in [-0.39, 0.29) is 145 Å². The van der Waals surface area contributed by atoms with Crippen molar-refractivity contribution in [2.75, 3.05) is 65.9 Å². The summed E-state index contributed by atoms with van der Waals surface area (Å²) >= 11 is 0. The highest BCUT2D eigenvalue weighted by atomic mass is 16.6. The molecule has 0 aromatic heterocycles. The summed E-state index contributed by atoms with van der Waals surface area (Å²) in [6.07, 6.45) is 0.250. The molecule has 6 N–H and O–H groups in total. The summed E-state index contributed by atoms with van der Waals surface area (Å²) in [5.41, 5.74) is 18.2. The van der Waals surface area contributed by atoms with Gasteiger partial charge in [0.1, 0.15) is 23.7 Å². The average Bonchev–Trinajstić information content (AvgIpc) is 0.899. The summed E-state index contributed by atoms with van der Waals surface area (Å²) in [4.78, 5) is 134. The number of phenols is 1. The molecule has 28 nitrogen and oxygen atoms in total. The first-order valence-electron chi connectivity index (χ1n) is 32.6. The highest BCUT2D eigenvalue weighted by Crippen LogP contribution is 2.23. The number of aromatic hydroxyl groups is 1. The van der Waals surface area contributed by atoms with Crippen molar-refractivity contribution in [2.45, 2.75) is 176 Å². The first-order valence-corrected chi connectivity index (χ1v) is 32.6. The van der Waals surface area contributed by atoms with Crippen molar-refractivity contribution in [2.24, 2.45) is 33.9 Å². The number of nitrogens with zero attached hydrogens (tertiary/aromatic N) is 6. The first-order chi connectivity index (χ1) is 46.1. The van der Waals surface area contributed by atoms with Gasteiger partial charge < -0.3 is 59.9 Å². The second kappa shape index (κ2) is 48.0. The number of amides is 4. The number of carbonyl (C=O) groups excluding carboxylic acids is 9. The molecule has 3 aromatic carbocycles. The number of ketones is 4. The quantitative estimate of drug-likeness (QED) is 0.0101. The van der Waals surface area contributed by atoms with Gasteiger partial charge in [0.2, 0.25) is 23.6 Å². The van der Waals surface area contributed by atoms with Crippen molar-refractivity contribution >= 4 is 58.7 Å². The maximum atomic E-state index is 13.8. The lowest BCUT2D eigenvalue weighted by atomic mass is 9.88. The molecule has 0 saturated heterocycles. The summed E-state index contributed by atoms with van der Waals surface area (Å²) in [5, 5.41) is 36.3. The fourth-order valence-electron chi connectivity index (χ4n) is 9.81. The van der Waals surface area contributed by atoms with Gasteiger partial charge in [-0.3, -0.25) is 47.9 Å². The third kappa shape index (κ3) is 40.4. The number of benzene rings is 3. The number of rotatable bonds is 49. The number of carbonyl (C=O) groups is 10. The largest absolute Gasteiger partial charge is 0.508 e. The molecule has 28 heteroatoms. The van der Waals surface area contributed by atoms with Crippen molar-refractivity contribution in [3.05, 3.63) is 116 Å². The zero-order valence-electron chi connectivity index (χ0n) is 57.5. The van der Waals surface area contributed by atoms with E-state index in [0.29, 0.717) is 50.2 Å². The molecular formula is C69H100N10O18. The van der Waals surface area contributed by atoms with Gasteiger partial charge in [0.25, 0.3) is 0 Å². The molecule has 0 aliphatic rings. The van der Waals surface area contributed by atoms with Crippen molar-refractivity contribution in [1.82, 2.24) is 21.3 Å². The Labute approximate surface area is 568 Å². The van der Waals surface area contributed by atoms with E-state index < -0.39 is 83.5 Å². The predicted molar refractivity (Wildman–Crippen MR) is 359 cm³/mol. The number of nitrogens with one attached hydrogen (secondary N) is 4. The van der Waals surface area contributed by atoms with Crippen molar-refractivity contribution in [3.8, 4) is 11.5 Å². The van der Waals surface area contributed by atoms with Gasteiger partial charge in [-0.05, 0) is 123 Å². The molecule has 0 unspecified atom stereocenters. The smallest absolute Gasteiger partial charge is 0.308 e. The standard InChI is InChI=1S/C40H57N5O9.C29H43N5O9/c1-28(2)23-32(25-37(48)34(43-29(3)46)24-30-14-16-33(17-15-30)53-27-31-11-8-7-9-12-31)39(50)44-35(26-38(49)54-40(4,5)6)36(47)13-10-19-51-21-22-52-20-18-42-45-41;1-19(2)15-22(17-27(38)24(32-20(3)35)16-21-6-8-23(36)9-7-21)29(41)33-25(18-28(39)40)26(37)5-4-11-42-13-14-43-12-10-31-34-30/h7-9,11-12,14-17,28,32,34-35H,10,13,18-27H2,1-6H3,(H,43,46)(H,44,50);6-9,19,22,24-25,36H,4-5,10-18H2,1-3H3,(H,32,35)(H,33,41)(H,39,40)/t32-,34-,35-;22-,24-,25-/m00/s1. The fraction of sp³-hybridized carbons (Fsp3) is 0.594. The van der Waals surface area contributed by atoms with Gasteiger partial charge in [-0.1, -0.05) is 92.5 Å². The van der Waals surface area contributed by atoms with Crippen LogP contribution in [0.3, 0.4) is 0 Å². The number of hydrogen-bond donors (Lipinski definition) is 6. The summed E-state index contributed by atoms with van der Waals surface area (Å²) in [6, 6.07) is 19.0. The van der Waals surface area contributed by atoms with E-state index in [1.165, 1.54) is 26.0 Å². The minimum Gasteiger partial charge on any atom is -0.508 e. The lowest BCUT2D eigenvalue weighted by Gasteiger charge is -2.26. The Bertz CT molecular complexity index is 3020. The van der Waals surface area contributed by atoms with E-state index in [9.17, 15) is 58.2 Å². The molecule has 0 fully saturated rings. The third-order valence-corrected chi connectivity index (χ3v) is 14.2. The molecular weight excluding hydrogens is 1260 g/mol. The van der Waals surface area contributed by atoms with Crippen molar-refractivity contribution in [1.29, 1.82) is 0 Å². The maximum absolute atomic E-state index is 13.8. The van der Waals surface area contributed by atoms with Gasteiger partial charge in [-0.25, -0.2) is 0 Å². The van der Waals surface area contributed by atoms with Gasteiger partial charge in [0.15, 0.2) is 23.1 Å². The number of phenolic OH excluding ortho intramolecular Hbond substituents is 1. The minimum atomic E-state index is -1.28. The summed E-state index contributed by atoms with van der Waals surface area (Å²) in [7, 11) is 0. The molecule has 0 aliphatic carbocycles. The molecule has 0 bridgehead atoms. The van der Waals surface area contributed by atoms with Crippen LogP contribution in [0, 0.1) is 23.7 Å². The molecule has 0 spiro atoms. The normalized spacial score (nSPS) is 12.9. The lowest BCUT2D eigenvalue weighted by Crippen LogP contribution is -2.47. The van der Waals surface area contributed by atoms with E-state index in [4.69, 9.17) is 39.5 Å². The SMILES string of the molecule is CC(=O)N[C@@H](Cc1ccc(O)cc1)C(=O)C[C@H](CC(C)C)C(=O)N[C@@H](CC(=O)O)C(=O)CCCOCCOCCN=[N+]=[N-].CC(=O)N[C@@H](Cc1ccc(OCc2ccccc2)cc1)C(=O)C[C@H](CC(C)C)C(=O)N[C@@H](CC(=O)OC(C)(C)C)C(=O)CCCOCCOCCN=[N+]=[N-]. The van der Waals surface area contributed by atoms with Crippen LogP contribution in [-0.4, -0.2) is 165 Å². The number of ether oxygens (including phenoxy) is 6. The van der Waals surface area contributed by atoms with Crippen LogP contribution in [0.2, 0.25) is 0 Å². The molecule has 97 heavy (non-hydrogen) atoms. The molecule has 0 aliphatic heterocycles. The van der Waals surface area contributed by atoms with Crippen LogP contribution in [0.25, 0.3) is 20.9 Å². The number of Topliss-reactive ketones (excluding diaryl/α,β-unsaturated/α-hetero) is 4. The zero-order valence-corrected chi connectivity index (χ0v) is 57.5. The average molecular weight is 1360 g/mol. The molecule has 4 amide bonds. The number of azide groups is 2. The molecule has 3 rings (SSSR count). The topological polar surface area (TPSA) is 412 Å². The Morgan fingerprint density at radius 3 is 1.31 bits per heavy atom. The molecule has 0 saturated carbocycles. The van der Waals surface area contributed by atoms with Gasteiger partial charge >= 0.3 is 11.9 Å². The minimum absolute atomic E-state index is 0.00805. The van der Waals surface area contributed by atoms with Crippen LogP contribution in [-0.2, 0) is 91.1 Å². The van der Waals surface area contributed by atoms with Gasteiger partial charge in [0, 0.05) is 87.5 Å². The number of hydrogen-bond acceptors (Lipinski definition) is 19. The van der Waals surface area contributed by atoms with Crippen LogP contribution in [0.1, 0.15) is 143 Å². The van der Waals surface area contributed by atoms with Crippen LogP contribution in [0.15, 0.2) is 89.1 Å².